The first kappa shape index (κ1) is 22.8. The third-order valence-electron chi connectivity index (χ3n) is 5.47. The maximum Gasteiger partial charge on any atom is 0.193 e. The molecular formula is C28H29NO4. The van der Waals surface area contributed by atoms with Gasteiger partial charge in [0.05, 0.1) is 5.39 Å². The summed E-state index contributed by atoms with van der Waals surface area (Å²) in [4.78, 5) is 14.9. The molecule has 4 rings (SSSR count). The molecular weight excluding hydrogens is 414 g/mol. The van der Waals surface area contributed by atoms with E-state index in [1.807, 2.05) is 48.5 Å². The van der Waals surface area contributed by atoms with Crippen LogP contribution in [0.3, 0.4) is 0 Å². The van der Waals surface area contributed by atoms with Crippen molar-refractivity contribution in [3.63, 3.8) is 0 Å². The number of rotatable bonds is 10. The molecule has 0 aliphatic carbocycles. The summed E-state index contributed by atoms with van der Waals surface area (Å²) in [5, 5.41) is 11.1. The van der Waals surface area contributed by atoms with Crippen molar-refractivity contribution >= 4 is 11.0 Å². The molecule has 5 nitrogen and oxygen atoms in total. The molecule has 1 aromatic heterocycles. The zero-order chi connectivity index (χ0) is 23.0. The van der Waals surface area contributed by atoms with Gasteiger partial charge in [-0.25, -0.2) is 0 Å². The van der Waals surface area contributed by atoms with Crippen molar-refractivity contribution < 1.29 is 14.3 Å². The molecule has 33 heavy (non-hydrogen) atoms. The molecule has 170 valence electrons. The van der Waals surface area contributed by atoms with E-state index in [-0.39, 0.29) is 12.0 Å². The monoisotopic (exact) mass is 443 g/mol. The molecule has 3 aromatic carbocycles. The van der Waals surface area contributed by atoms with Gasteiger partial charge in [0.1, 0.15) is 18.5 Å². The minimum absolute atomic E-state index is 0.105. The van der Waals surface area contributed by atoms with Crippen molar-refractivity contribution in [2.45, 2.75) is 26.0 Å². The highest BCUT2D eigenvalue weighted by Crippen LogP contribution is 2.28. The fourth-order valence-electron chi connectivity index (χ4n) is 3.94. The van der Waals surface area contributed by atoms with Crippen molar-refractivity contribution in [3.8, 4) is 17.1 Å². The molecule has 0 bridgehead atoms. The van der Waals surface area contributed by atoms with Crippen LogP contribution in [-0.2, 0) is 6.54 Å². The Hall–Kier alpha value is -3.41. The van der Waals surface area contributed by atoms with Crippen molar-refractivity contribution in [1.82, 2.24) is 4.90 Å². The Balaban J connectivity index is 1.49. The van der Waals surface area contributed by atoms with Gasteiger partial charge in [-0.15, -0.1) is 0 Å². The highest BCUT2D eigenvalue weighted by atomic mass is 16.5. The lowest BCUT2D eigenvalue weighted by Gasteiger charge is -2.25. The quantitative estimate of drug-likeness (QED) is 0.369. The summed E-state index contributed by atoms with van der Waals surface area (Å²) in [5.41, 5.74) is 2.30. The van der Waals surface area contributed by atoms with E-state index in [9.17, 15) is 9.90 Å². The van der Waals surface area contributed by atoms with Gasteiger partial charge < -0.3 is 14.3 Å². The first-order chi connectivity index (χ1) is 16.1. The lowest BCUT2D eigenvalue weighted by Crippen LogP contribution is -2.35. The largest absolute Gasteiger partial charge is 0.487 e. The van der Waals surface area contributed by atoms with Crippen LogP contribution in [0, 0.1) is 0 Å². The highest BCUT2D eigenvalue weighted by molar-refractivity contribution is 5.84. The van der Waals surface area contributed by atoms with Crippen LogP contribution in [0.5, 0.6) is 5.75 Å². The van der Waals surface area contributed by atoms with Crippen LogP contribution in [0.4, 0.5) is 0 Å². The van der Waals surface area contributed by atoms with Crippen molar-refractivity contribution in [2.75, 3.05) is 19.7 Å². The van der Waals surface area contributed by atoms with Gasteiger partial charge in [-0.3, -0.25) is 9.69 Å². The number of nitrogens with zero attached hydrogens (tertiary/aromatic N) is 1. The van der Waals surface area contributed by atoms with E-state index in [4.69, 9.17) is 9.15 Å². The van der Waals surface area contributed by atoms with Crippen LogP contribution in [0.2, 0.25) is 0 Å². The molecule has 4 aromatic rings. The predicted molar refractivity (Wildman–Crippen MR) is 131 cm³/mol. The van der Waals surface area contributed by atoms with Crippen LogP contribution < -0.4 is 10.2 Å². The first-order valence-corrected chi connectivity index (χ1v) is 11.3. The van der Waals surface area contributed by atoms with Gasteiger partial charge in [-0.05, 0) is 30.7 Å². The van der Waals surface area contributed by atoms with E-state index in [2.05, 4.69) is 24.0 Å². The molecule has 0 spiro atoms. The van der Waals surface area contributed by atoms with E-state index >= 15 is 0 Å². The Bertz CT molecular complexity index is 1220. The molecule has 5 heteroatoms. The number of ether oxygens (including phenoxy) is 1. The van der Waals surface area contributed by atoms with Gasteiger partial charge in [0.25, 0.3) is 0 Å². The molecule has 0 amide bonds. The number of benzene rings is 3. The maximum absolute atomic E-state index is 12.7. The van der Waals surface area contributed by atoms with E-state index in [1.54, 1.807) is 18.2 Å². The van der Waals surface area contributed by atoms with Crippen molar-refractivity contribution in [2.24, 2.45) is 0 Å². The third kappa shape index (κ3) is 5.89. The van der Waals surface area contributed by atoms with Crippen LogP contribution in [0.15, 0.2) is 94.1 Å². The molecule has 0 saturated carbocycles. The SMILES string of the molecule is CCCN(Cc1ccccc1)CC(O)COc1cccc2c(=O)cc(-c3ccccc3)oc12. The average molecular weight is 444 g/mol. The molecule has 0 aliphatic rings. The zero-order valence-corrected chi connectivity index (χ0v) is 18.8. The second-order valence-electron chi connectivity index (χ2n) is 8.16. The van der Waals surface area contributed by atoms with Crippen LogP contribution in [-0.4, -0.2) is 35.8 Å². The number of hydrogen-bond donors (Lipinski definition) is 1. The van der Waals surface area contributed by atoms with Crippen LogP contribution >= 0.6 is 0 Å². The van der Waals surface area contributed by atoms with Crippen LogP contribution in [0.25, 0.3) is 22.3 Å². The molecule has 0 radical (unpaired) electrons. The second kappa shape index (κ2) is 10.9. The number of para-hydroxylation sites is 1. The summed E-state index contributed by atoms with van der Waals surface area (Å²) >= 11 is 0. The third-order valence-corrected chi connectivity index (χ3v) is 5.47. The normalized spacial score (nSPS) is 12.2. The topological polar surface area (TPSA) is 62.9 Å². The summed E-state index contributed by atoms with van der Waals surface area (Å²) in [6.45, 7) is 4.38. The van der Waals surface area contributed by atoms with Crippen LogP contribution in [0.1, 0.15) is 18.9 Å². The molecule has 0 fully saturated rings. The number of aliphatic hydroxyl groups excluding tert-OH is 1. The minimum Gasteiger partial charge on any atom is -0.487 e. The summed E-state index contributed by atoms with van der Waals surface area (Å²) < 4.78 is 12.0. The van der Waals surface area contributed by atoms with E-state index in [1.165, 1.54) is 11.6 Å². The Kier molecular flexibility index (Phi) is 7.55. The fourth-order valence-corrected chi connectivity index (χ4v) is 3.94. The lowest BCUT2D eigenvalue weighted by atomic mass is 10.1. The Morgan fingerprint density at radius 1 is 0.970 bits per heavy atom. The van der Waals surface area contributed by atoms with E-state index in [0.29, 0.717) is 29.0 Å². The minimum atomic E-state index is -0.681. The van der Waals surface area contributed by atoms with Gasteiger partial charge in [0.2, 0.25) is 0 Å². The summed E-state index contributed by atoms with van der Waals surface area (Å²) in [6.07, 6.45) is 0.316. The van der Waals surface area contributed by atoms with E-state index in [0.717, 1.165) is 25.1 Å². The summed E-state index contributed by atoms with van der Waals surface area (Å²) in [7, 11) is 0. The van der Waals surface area contributed by atoms with Gasteiger partial charge >= 0.3 is 0 Å². The molecule has 0 aliphatic heterocycles. The maximum atomic E-state index is 12.7. The lowest BCUT2D eigenvalue weighted by molar-refractivity contribution is 0.0658. The van der Waals surface area contributed by atoms with Gasteiger partial charge in [0, 0.05) is 24.7 Å². The first-order valence-electron chi connectivity index (χ1n) is 11.3. The molecule has 1 N–H and O–H groups in total. The molecule has 1 unspecified atom stereocenters. The predicted octanol–water partition coefficient (Wildman–Crippen LogP) is 5.11. The van der Waals surface area contributed by atoms with Gasteiger partial charge in [-0.1, -0.05) is 73.7 Å². The van der Waals surface area contributed by atoms with E-state index < -0.39 is 6.10 Å². The number of fused-ring (bicyclic) bond motifs is 1. The molecule has 1 atom stereocenters. The molecule has 0 saturated heterocycles. The number of hydrogen-bond acceptors (Lipinski definition) is 5. The van der Waals surface area contributed by atoms with Gasteiger partial charge in [-0.2, -0.15) is 0 Å². The average Bonchev–Trinajstić information content (AvgIpc) is 2.84. The molecule has 1 heterocycles. The highest BCUT2D eigenvalue weighted by Gasteiger charge is 2.15. The summed E-state index contributed by atoms with van der Waals surface area (Å²) in [5.74, 6) is 0.938. The Morgan fingerprint density at radius 2 is 1.70 bits per heavy atom. The standard InChI is InChI=1S/C28H29NO4/c1-2-16-29(18-21-10-5-3-6-11-21)19-23(30)20-32-26-15-9-14-24-25(31)17-27(33-28(24)26)22-12-7-4-8-13-22/h3-15,17,23,30H,2,16,18-20H2,1H3. The Labute approximate surface area is 193 Å². The zero-order valence-electron chi connectivity index (χ0n) is 18.8. The Morgan fingerprint density at radius 3 is 2.42 bits per heavy atom. The smallest absolute Gasteiger partial charge is 0.193 e. The fraction of sp³-hybridized carbons (Fsp3) is 0.250. The van der Waals surface area contributed by atoms with Crippen molar-refractivity contribution in [1.29, 1.82) is 0 Å². The summed E-state index contributed by atoms with van der Waals surface area (Å²) in [6, 6.07) is 26.5. The van der Waals surface area contributed by atoms with Gasteiger partial charge in [0.15, 0.2) is 16.8 Å². The van der Waals surface area contributed by atoms with Crippen molar-refractivity contribution in [3.05, 3.63) is 101 Å². The second-order valence-corrected chi connectivity index (χ2v) is 8.16. The number of aliphatic hydroxyl groups is 1.